The second kappa shape index (κ2) is 5.27. The molecule has 0 aliphatic heterocycles. The molecule has 2 heteroatoms. The molecule has 1 aromatic rings. The Bertz CT molecular complexity index is 448. The highest BCUT2D eigenvalue weighted by atomic mass is 16.4. The topological polar surface area (TPSA) is 37.3 Å². The van der Waals surface area contributed by atoms with Crippen LogP contribution in [0.3, 0.4) is 0 Å². The van der Waals surface area contributed by atoms with Gasteiger partial charge in [-0.05, 0) is 37.2 Å². The van der Waals surface area contributed by atoms with Crippen LogP contribution in [0.1, 0.15) is 43.6 Å². The first-order valence-electron chi connectivity index (χ1n) is 6.40. The smallest absolute Gasteiger partial charge is 0.304 e. The van der Waals surface area contributed by atoms with Gasteiger partial charge in [-0.1, -0.05) is 36.3 Å². The average molecular weight is 242 g/mol. The fourth-order valence-corrected chi connectivity index (χ4v) is 2.89. The summed E-state index contributed by atoms with van der Waals surface area (Å²) in [6.45, 7) is 0. The largest absolute Gasteiger partial charge is 0.481 e. The third-order valence-corrected chi connectivity index (χ3v) is 4.01. The SMILES string of the molecule is C#CC1(CC(=O)O)CCC(c2ccccc2)CC1. The third kappa shape index (κ3) is 2.73. The zero-order valence-electron chi connectivity index (χ0n) is 10.4. The Hall–Kier alpha value is -1.75. The normalized spacial score (nSPS) is 27.4. The molecule has 0 bridgehead atoms. The molecule has 94 valence electrons. The first kappa shape index (κ1) is 12.7. The Labute approximate surface area is 108 Å². The number of carboxylic acid groups (broad SMARTS) is 1. The minimum Gasteiger partial charge on any atom is -0.481 e. The number of benzene rings is 1. The van der Waals surface area contributed by atoms with Gasteiger partial charge in [0.05, 0.1) is 6.42 Å². The molecule has 1 N–H and O–H groups in total. The van der Waals surface area contributed by atoms with E-state index in [0.29, 0.717) is 5.92 Å². The molecule has 1 aromatic carbocycles. The lowest BCUT2D eigenvalue weighted by Gasteiger charge is -2.35. The number of carboxylic acids is 1. The van der Waals surface area contributed by atoms with E-state index >= 15 is 0 Å². The predicted molar refractivity (Wildman–Crippen MR) is 71.2 cm³/mol. The van der Waals surface area contributed by atoms with Gasteiger partial charge < -0.3 is 5.11 Å². The maximum absolute atomic E-state index is 10.9. The summed E-state index contributed by atoms with van der Waals surface area (Å²) in [5.74, 6) is 2.48. The van der Waals surface area contributed by atoms with Crippen LogP contribution in [0.4, 0.5) is 0 Å². The third-order valence-electron chi connectivity index (χ3n) is 4.01. The second-order valence-electron chi connectivity index (χ2n) is 5.18. The molecule has 0 saturated heterocycles. The molecule has 2 nitrogen and oxygen atoms in total. The van der Waals surface area contributed by atoms with E-state index in [-0.39, 0.29) is 6.42 Å². The van der Waals surface area contributed by atoms with Crippen molar-refractivity contribution in [1.29, 1.82) is 0 Å². The van der Waals surface area contributed by atoms with Crippen molar-refractivity contribution in [3.63, 3.8) is 0 Å². The van der Waals surface area contributed by atoms with E-state index in [0.717, 1.165) is 25.7 Å². The molecule has 1 saturated carbocycles. The monoisotopic (exact) mass is 242 g/mol. The number of rotatable bonds is 3. The van der Waals surface area contributed by atoms with E-state index in [1.165, 1.54) is 5.56 Å². The highest BCUT2D eigenvalue weighted by Crippen LogP contribution is 2.44. The molecule has 0 unspecified atom stereocenters. The van der Waals surface area contributed by atoms with Gasteiger partial charge in [-0.25, -0.2) is 0 Å². The molecule has 18 heavy (non-hydrogen) atoms. The molecule has 0 aromatic heterocycles. The maximum Gasteiger partial charge on any atom is 0.304 e. The standard InChI is InChI=1S/C16H18O2/c1-2-16(12-15(17)18)10-8-14(9-11-16)13-6-4-3-5-7-13/h1,3-7,14H,8-12H2,(H,17,18). The van der Waals surface area contributed by atoms with Crippen LogP contribution in [0.2, 0.25) is 0 Å². The Morgan fingerprint density at radius 1 is 1.33 bits per heavy atom. The van der Waals surface area contributed by atoms with Crippen molar-refractivity contribution >= 4 is 5.97 Å². The van der Waals surface area contributed by atoms with Gasteiger partial charge in [-0.2, -0.15) is 0 Å². The van der Waals surface area contributed by atoms with E-state index in [2.05, 4.69) is 30.2 Å². The first-order chi connectivity index (χ1) is 8.65. The number of hydrogen-bond donors (Lipinski definition) is 1. The van der Waals surface area contributed by atoms with Crippen molar-refractivity contribution in [2.45, 2.75) is 38.0 Å². The summed E-state index contributed by atoms with van der Waals surface area (Å²) in [5.41, 5.74) is 0.926. The lowest BCUT2D eigenvalue weighted by Crippen LogP contribution is -2.28. The molecule has 1 fully saturated rings. The van der Waals surface area contributed by atoms with Gasteiger partial charge in [0.25, 0.3) is 0 Å². The number of terminal acetylenes is 1. The molecule has 0 amide bonds. The molecule has 2 rings (SSSR count). The minimum absolute atomic E-state index is 0.102. The van der Waals surface area contributed by atoms with E-state index in [4.69, 9.17) is 11.5 Å². The van der Waals surface area contributed by atoms with Crippen molar-refractivity contribution in [2.75, 3.05) is 0 Å². The Morgan fingerprint density at radius 2 is 1.94 bits per heavy atom. The molecule has 1 aliphatic rings. The molecule has 1 aliphatic carbocycles. The lowest BCUT2D eigenvalue weighted by molar-refractivity contribution is -0.139. The van der Waals surface area contributed by atoms with Crippen molar-refractivity contribution < 1.29 is 9.90 Å². The number of hydrogen-bond acceptors (Lipinski definition) is 1. The van der Waals surface area contributed by atoms with Crippen LogP contribution in [-0.2, 0) is 4.79 Å². The Kier molecular flexibility index (Phi) is 3.72. The minimum atomic E-state index is -0.786. The van der Waals surface area contributed by atoms with Gasteiger partial charge in [0, 0.05) is 5.41 Å². The van der Waals surface area contributed by atoms with Gasteiger partial charge in [-0.15, -0.1) is 6.42 Å². The fourth-order valence-electron chi connectivity index (χ4n) is 2.89. The zero-order chi connectivity index (χ0) is 13.0. The van der Waals surface area contributed by atoms with Crippen LogP contribution in [-0.4, -0.2) is 11.1 Å². The second-order valence-corrected chi connectivity index (χ2v) is 5.18. The summed E-state index contributed by atoms with van der Waals surface area (Å²) in [6.07, 6.45) is 9.26. The predicted octanol–water partition coefficient (Wildman–Crippen LogP) is 3.44. The van der Waals surface area contributed by atoms with Crippen LogP contribution in [0.5, 0.6) is 0 Å². The van der Waals surface area contributed by atoms with Crippen molar-refractivity contribution in [3.8, 4) is 12.3 Å². The van der Waals surface area contributed by atoms with Gasteiger partial charge in [-0.3, -0.25) is 4.79 Å². The summed E-state index contributed by atoms with van der Waals surface area (Å²) in [5, 5.41) is 8.95. The van der Waals surface area contributed by atoms with E-state index < -0.39 is 11.4 Å². The molecule has 0 spiro atoms. The van der Waals surface area contributed by atoms with Gasteiger partial charge in [0.2, 0.25) is 0 Å². The van der Waals surface area contributed by atoms with Crippen molar-refractivity contribution in [3.05, 3.63) is 35.9 Å². The summed E-state index contributed by atoms with van der Waals surface area (Å²) in [4.78, 5) is 10.9. The first-order valence-corrected chi connectivity index (χ1v) is 6.40. The summed E-state index contributed by atoms with van der Waals surface area (Å²) >= 11 is 0. The van der Waals surface area contributed by atoms with Crippen LogP contribution in [0.25, 0.3) is 0 Å². The van der Waals surface area contributed by atoms with Crippen molar-refractivity contribution in [2.24, 2.45) is 5.41 Å². The molecular formula is C16H18O2. The van der Waals surface area contributed by atoms with Gasteiger partial charge in [0.1, 0.15) is 0 Å². The van der Waals surface area contributed by atoms with Gasteiger partial charge >= 0.3 is 5.97 Å². The van der Waals surface area contributed by atoms with E-state index in [9.17, 15) is 4.79 Å². The molecule has 0 radical (unpaired) electrons. The number of carbonyl (C=O) groups is 1. The van der Waals surface area contributed by atoms with Gasteiger partial charge in [0.15, 0.2) is 0 Å². The Morgan fingerprint density at radius 3 is 2.44 bits per heavy atom. The van der Waals surface area contributed by atoms with Crippen LogP contribution in [0, 0.1) is 17.8 Å². The molecule has 0 atom stereocenters. The average Bonchev–Trinajstić information content (AvgIpc) is 2.40. The van der Waals surface area contributed by atoms with E-state index in [1.807, 2.05) is 6.07 Å². The molecule has 0 heterocycles. The highest BCUT2D eigenvalue weighted by molar-refractivity contribution is 5.68. The van der Waals surface area contributed by atoms with Crippen LogP contribution in [0.15, 0.2) is 30.3 Å². The van der Waals surface area contributed by atoms with Crippen LogP contribution < -0.4 is 0 Å². The summed E-state index contributed by atoms with van der Waals surface area (Å²) in [7, 11) is 0. The summed E-state index contributed by atoms with van der Waals surface area (Å²) in [6, 6.07) is 10.4. The Balaban J connectivity index is 2.03. The number of aliphatic carboxylic acids is 1. The highest BCUT2D eigenvalue weighted by Gasteiger charge is 2.35. The van der Waals surface area contributed by atoms with Crippen molar-refractivity contribution in [1.82, 2.24) is 0 Å². The maximum atomic E-state index is 10.9. The fraction of sp³-hybridized carbons (Fsp3) is 0.438. The summed E-state index contributed by atoms with van der Waals surface area (Å²) < 4.78 is 0. The molecular weight excluding hydrogens is 224 g/mol. The zero-order valence-corrected chi connectivity index (χ0v) is 10.4. The lowest BCUT2D eigenvalue weighted by atomic mass is 9.68. The van der Waals surface area contributed by atoms with E-state index in [1.54, 1.807) is 0 Å². The quantitative estimate of drug-likeness (QED) is 0.824. The van der Waals surface area contributed by atoms with Crippen LogP contribution >= 0.6 is 0 Å².